The molecule has 0 aromatic carbocycles. The van der Waals surface area contributed by atoms with Crippen molar-refractivity contribution >= 4 is 34.3 Å². The first kappa shape index (κ1) is 36.2. The number of piperidine rings is 1. The molecule has 3 aliphatic rings. The van der Waals surface area contributed by atoms with E-state index in [0.717, 1.165) is 6.07 Å². The number of likely N-dealkylation sites (tertiary alicyclic amines) is 1. The molecule has 1 saturated carbocycles. The highest BCUT2D eigenvalue weighted by Crippen LogP contribution is 2.59. The number of Topliss-reactive ketones (excluding diaryl/α,β-unsaturated/α-hetero) is 2. The van der Waals surface area contributed by atoms with E-state index in [9.17, 15) is 32.3 Å². The highest BCUT2D eigenvalue weighted by molar-refractivity contribution is 6.05. The lowest BCUT2D eigenvalue weighted by Gasteiger charge is -2.27. The molecule has 0 radical (unpaired) electrons. The predicted octanol–water partition coefficient (Wildman–Crippen LogP) is 4.44. The van der Waals surface area contributed by atoms with Crippen molar-refractivity contribution in [2.24, 2.45) is 10.8 Å². The number of amides is 2. The molecule has 1 aliphatic carbocycles. The van der Waals surface area contributed by atoms with E-state index in [1.807, 2.05) is 13.8 Å². The number of nitrogens with one attached hydrogen (secondary N) is 1. The van der Waals surface area contributed by atoms with Crippen LogP contribution in [0.25, 0.3) is 22.2 Å². The van der Waals surface area contributed by atoms with Crippen LogP contribution in [0.1, 0.15) is 79.7 Å². The summed E-state index contributed by atoms with van der Waals surface area (Å²) in [5.41, 5.74) is -0.479. The second kappa shape index (κ2) is 13.4. The molecule has 6 heterocycles. The van der Waals surface area contributed by atoms with Crippen LogP contribution in [0.3, 0.4) is 0 Å². The van der Waals surface area contributed by atoms with Gasteiger partial charge in [0.2, 0.25) is 11.8 Å². The molecule has 13 nitrogen and oxygen atoms in total. The molecular formula is C37H39F3N8O5. The van der Waals surface area contributed by atoms with Crippen molar-refractivity contribution in [3.8, 4) is 11.3 Å². The van der Waals surface area contributed by atoms with Crippen molar-refractivity contribution in [2.75, 3.05) is 13.2 Å². The summed E-state index contributed by atoms with van der Waals surface area (Å²) in [6, 6.07) is 2.43. The third-order valence-electron chi connectivity index (χ3n) is 10.7. The van der Waals surface area contributed by atoms with E-state index in [4.69, 9.17) is 4.74 Å². The largest absolute Gasteiger partial charge is 0.433 e. The number of pyridine rings is 2. The van der Waals surface area contributed by atoms with Crippen LogP contribution in [-0.4, -0.2) is 83.2 Å². The SMILES string of the molecule is CC(=O)c1nn(CC(=O)N2[C@H]3C[C@@]4(CNC(=O)C(C)(C)CCCOCc5ccc(C(F)(F)F)nc5CC3=O)C[C@@H]24)c2cnc(-c3cnc(C)nc3)cc12. The summed E-state index contributed by atoms with van der Waals surface area (Å²) in [6.07, 6.45) is 1.36. The predicted molar refractivity (Wildman–Crippen MR) is 183 cm³/mol. The Morgan fingerprint density at radius 3 is 2.55 bits per heavy atom. The standard InChI is InChI=1S/C37H39F3N8O5/c1-20(49)33-24-10-25(23-14-41-21(2)42-15-23)43-16-28(24)47(46-33)17-32(51)48-27-12-36(13-31(36)48)19-44-34(52)35(3,4)8-5-9-53-18-22-6-7-30(37(38,39)40)45-26(22)11-29(27)50/h6-7,10,14-16,27,31H,5,8-9,11-13,17-19H2,1-4H3,(H,44,52)/t27-,31+,36-/m0/s1. The summed E-state index contributed by atoms with van der Waals surface area (Å²) in [7, 11) is 0. The van der Waals surface area contributed by atoms with Crippen LogP contribution in [0, 0.1) is 17.8 Å². The summed E-state index contributed by atoms with van der Waals surface area (Å²) >= 11 is 0. The maximum atomic E-state index is 14.3. The lowest BCUT2D eigenvalue weighted by Crippen LogP contribution is -2.45. The molecule has 0 unspecified atom stereocenters. The van der Waals surface area contributed by atoms with E-state index in [1.165, 1.54) is 28.8 Å². The fourth-order valence-electron chi connectivity index (χ4n) is 7.53. The zero-order valence-corrected chi connectivity index (χ0v) is 29.8. The summed E-state index contributed by atoms with van der Waals surface area (Å²) < 4.78 is 48.4. The van der Waals surface area contributed by atoms with Gasteiger partial charge in [0.15, 0.2) is 11.6 Å². The maximum Gasteiger partial charge on any atom is 0.433 e. The number of alkyl halides is 3. The Labute approximate surface area is 302 Å². The third-order valence-corrected chi connectivity index (χ3v) is 10.7. The second-order valence-electron chi connectivity index (χ2n) is 14.9. The Hall–Kier alpha value is -5.12. The third kappa shape index (κ3) is 7.03. The van der Waals surface area contributed by atoms with Crippen LogP contribution in [0.4, 0.5) is 13.2 Å². The molecule has 1 spiro atoms. The number of rotatable bonds is 4. The zero-order valence-electron chi connectivity index (χ0n) is 29.8. The second-order valence-corrected chi connectivity index (χ2v) is 14.9. The Kier molecular flexibility index (Phi) is 9.15. The molecule has 278 valence electrons. The topological polar surface area (TPSA) is 162 Å². The average Bonchev–Trinajstić information content (AvgIpc) is 3.52. The van der Waals surface area contributed by atoms with Crippen molar-refractivity contribution in [2.45, 2.75) is 91.2 Å². The number of hydrogen-bond acceptors (Lipinski definition) is 10. The molecule has 16 heteroatoms. The molecular weight excluding hydrogens is 693 g/mol. The average molecular weight is 733 g/mol. The van der Waals surface area contributed by atoms with Gasteiger partial charge in [0, 0.05) is 60.3 Å². The number of nitrogens with zero attached hydrogens (tertiary/aromatic N) is 7. The van der Waals surface area contributed by atoms with E-state index >= 15 is 0 Å². The molecule has 4 aromatic heterocycles. The summed E-state index contributed by atoms with van der Waals surface area (Å²) in [5, 5.41) is 8.01. The van der Waals surface area contributed by atoms with Gasteiger partial charge >= 0.3 is 6.18 Å². The van der Waals surface area contributed by atoms with Crippen LogP contribution in [-0.2, 0) is 44.9 Å². The van der Waals surface area contributed by atoms with Gasteiger partial charge in [-0.05, 0) is 50.3 Å². The van der Waals surface area contributed by atoms with Gasteiger partial charge in [0.1, 0.15) is 23.8 Å². The zero-order chi connectivity index (χ0) is 37.9. The first-order valence-corrected chi connectivity index (χ1v) is 17.5. The Morgan fingerprint density at radius 2 is 1.83 bits per heavy atom. The quantitative estimate of drug-likeness (QED) is 0.297. The number of hydrogen-bond donors (Lipinski definition) is 1. The molecule has 2 bridgehead atoms. The van der Waals surface area contributed by atoms with Crippen molar-refractivity contribution in [1.82, 2.24) is 39.9 Å². The van der Waals surface area contributed by atoms with Gasteiger partial charge in [-0.15, -0.1) is 0 Å². The Morgan fingerprint density at radius 1 is 1.08 bits per heavy atom. The highest BCUT2D eigenvalue weighted by Gasteiger charge is 2.67. The number of ketones is 2. The fourth-order valence-corrected chi connectivity index (χ4v) is 7.53. The fraction of sp³-hybridized carbons (Fsp3) is 0.486. The monoisotopic (exact) mass is 732 g/mol. The van der Waals surface area contributed by atoms with E-state index in [2.05, 4.69) is 30.4 Å². The minimum absolute atomic E-state index is 0.0578. The number of aryl methyl sites for hydroxylation is 1. The van der Waals surface area contributed by atoms with Crippen molar-refractivity contribution in [3.63, 3.8) is 0 Å². The Balaban J connectivity index is 1.22. The van der Waals surface area contributed by atoms with Crippen molar-refractivity contribution < 1.29 is 37.1 Å². The summed E-state index contributed by atoms with van der Waals surface area (Å²) in [6.45, 7) is 6.86. The smallest absolute Gasteiger partial charge is 0.377 e. The van der Waals surface area contributed by atoms with Gasteiger partial charge in [0.25, 0.3) is 0 Å². The van der Waals surface area contributed by atoms with E-state index in [1.54, 1.807) is 25.4 Å². The minimum atomic E-state index is -4.73. The van der Waals surface area contributed by atoms with E-state index in [0.29, 0.717) is 52.8 Å². The first-order chi connectivity index (χ1) is 25.1. The molecule has 2 amide bonds. The summed E-state index contributed by atoms with van der Waals surface area (Å²) in [5.74, 6) is -0.841. The minimum Gasteiger partial charge on any atom is -0.377 e. The molecule has 4 aromatic rings. The van der Waals surface area contributed by atoms with Crippen LogP contribution < -0.4 is 5.32 Å². The van der Waals surface area contributed by atoms with E-state index < -0.39 is 52.9 Å². The van der Waals surface area contributed by atoms with E-state index in [-0.39, 0.29) is 55.8 Å². The molecule has 7 rings (SSSR count). The van der Waals surface area contributed by atoms with Gasteiger partial charge < -0.3 is 15.0 Å². The van der Waals surface area contributed by atoms with Crippen LogP contribution in [0.2, 0.25) is 0 Å². The molecule has 2 aliphatic heterocycles. The van der Waals surface area contributed by atoms with Gasteiger partial charge in [-0.25, -0.2) is 15.0 Å². The number of fused-ring (bicyclic) bond motifs is 3. The Bertz CT molecular complexity index is 2130. The number of ether oxygens (including phenoxy) is 1. The molecule has 2 fully saturated rings. The summed E-state index contributed by atoms with van der Waals surface area (Å²) in [4.78, 5) is 72.8. The lowest BCUT2D eigenvalue weighted by atomic mass is 9.86. The number of carbonyl (C=O) groups is 4. The van der Waals surface area contributed by atoms with Crippen molar-refractivity contribution in [3.05, 3.63) is 65.3 Å². The number of carbonyl (C=O) groups excluding carboxylic acids is 4. The molecule has 3 atom stereocenters. The normalized spacial score (nSPS) is 23.3. The highest BCUT2D eigenvalue weighted by atomic mass is 19.4. The lowest BCUT2D eigenvalue weighted by molar-refractivity contribution is -0.141. The van der Waals surface area contributed by atoms with Crippen LogP contribution in [0.5, 0.6) is 0 Å². The van der Waals surface area contributed by atoms with Crippen molar-refractivity contribution in [1.29, 1.82) is 0 Å². The van der Waals surface area contributed by atoms with Gasteiger partial charge in [-0.3, -0.25) is 28.8 Å². The number of halogens is 3. The van der Waals surface area contributed by atoms with Crippen LogP contribution in [0.15, 0.2) is 36.8 Å². The van der Waals surface area contributed by atoms with Gasteiger partial charge in [0.05, 0.1) is 42.2 Å². The van der Waals surface area contributed by atoms with Gasteiger partial charge in [-0.2, -0.15) is 18.3 Å². The van der Waals surface area contributed by atoms with Crippen LogP contribution >= 0.6 is 0 Å². The first-order valence-electron chi connectivity index (χ1n) is 17.5. The maximum absolute atomic E-state index is 14.3. The molecule has 1 saturated heterocycles. The number of aromatic nitrogens is 6. The molecule has 53 heavy (non-hydrogen) atoms. The molecule has 1 N–H and O–H groups in total. The van der Waals surface area contributed by atoms with Gasteiger partial charge in [-0.1, -0.05) is 19.9 Å².